The van der Waals surface area contributed by atoms with Crippen LogP contribution in [-0.2, 0) is 14.8 Å². The van der Waals surface area contributed by atoms with Crippen LogP contribution in [0.3, 0.4) is 0 Å². The van der Waals surface area contributed by atoms with E-state index in [4.69, 9.17) is 5.11 Å². The molecule has 1 aliphatic rings. The fourth-order valence-electron chi connectivity index (χ4n) is 1.53. The maximum absolute atomic E-state index is 11.9. The number of hydrogen-bond donors (Lipinski definition) is 3. The molecule has 0 unspecified atom stereocenters. The number of amides is 1. The van der Waals surface area contributed by atoms with Gasteiger partial charge in [-0.1, -0.05) is 0 Å². The molecule has 0 bridgehead atoms. The maximum Gasteiger partial charge on any atom is 0.322 e. The Balaban J connectivity index is 2.05. The minimum atomic E-state index is -3.54. The van der Waals surface area contributed by atoms with Gasteiger partial charge in [0, 0.05) is 11.6 Å². The predicted octanol–water partition coefficient (Wildman–Crippen LogP) is -0.0583. The molecule has 0 radical (unpaired) electrons. The zero-order chi connectivity index (χ0) is 14.8. The van der Waals surface area contributed by atoms with Gasteiger partial charge in [0.1, 0.15) is 6.54 Å². The normalized spacial score (nSPS) is 14.8. The third-order valence-electron chi connectivity index (χ3n) is 2.73. The molecule has 8 heteroatoms. The average Bonchev–Trinajstić information content (AvgIpc) is 3.19. The van der Waals surface area contributed by atoms with Gasteiger partial charge < -0.3 is 10.4 Å². The highest BCUT2D eigenvalue weighted by Crippen LogP contribution is 2.22. The first-order valence-electron chi connectivity index (χ1n) is 6.01. The lowest BCUT2D eigenvalue weighted by Gasteiger charge is -2.06. The summed E-state index contributed by atoms with van der Waals surface area (Å²) < 4.78 is 26.3. The van der Waals surface area contributed by atoms with E-state index in [2.05, 4.69) is 10.0 Å². The highest BCUT2D eigenvalue weighted by molar-refractivity contribution is 7.89. The molecule has 0 atom stereocenters. The van der Waals surface area contributed by atoms with Crippen LogP contribution in [0.15, 0.2) is 29.2 Å². The van der Waals surface area contributed by atoms with Crippen LogP contribution in [0.4, 0.5) is 0 Å². The summed E-state index contributed by atoms with van der Waals surface area (Å²) in [7, 11) is -3.54. The van der Waals surface area contributed by atoms with E-state index in [1.165, 1.54) is 24.3 Å². The van der Waals surface area contributed by atoms with Crippen molar-refractivity contribution in [2.24, 2.45) is 0 Å². The molecule has 2 rings (SSSR count). The SMILES string of the molecule is O=C(O)CNC(=O)c1ccc(S(=O)(=O)NC2CC2)cc1. The second-order valence-corrected chi connectivity index (χ2v) is 6.21. The Kier molecular flexibility index (Phi) is 4.05. The van der Waals surface area contributed by atoms with Crippen molar-refractivity contribution in [1.82, 2.24) is 10.0 Å². The van der Waals surface area contributed by atoms with Gasteiger partial charge in [-0.2, -0.15) is 0 Å². The quantitative estimate of drug-likeness (QED) is 0.681. The molecule has 1 aromatic carbocycles. The largest absolute Gasteiger partial charge is 0.480 e. The number of aliphatic carboxylic acids is 1. The molecule has 0 aliphatic heterocycles. The van der Waals surface area contributed by atoms with Crippen molar-refractivity contribution in [2.75, 3.05) is 6.54 Å². The molecular weight excluding hydrogens is 284 g/mol. The van der Waals surface area contributed by atoms with E-state index in [1.54, 1.807) is 0 Å². The first-order valence-corrected chi connectivity index (χ1v) is 7.49. The molecule has 0 spiro atoms. The molecular formula is C12H14N2O5S. The van der Waals surface area contributed by atoms with E-state index >= 15 is 0 Å². The Morgan fingerprint density at radius 2 is 1.80 bits per heavy atom. The molecule has 1 aliphatic carbocycles. The molecule has 108 valence electrons. The first kappa shape index (κ1) is 14.5. The molecule has 1 fully saturated rings. The molecule has 1 aromatic rings. The first-order chi connectivity index (χ1) is 9.38. The molecule has 0 saturated heterocycles. The number of carboxylic acids is 1. The van der Waals surface area contributed by atoms with Gasteiger partial charge in [-0.15, -0.1) is 0 Å². The van der Waals surface area contributed by atoms with Crippen molar-refractivity contribution >= 4 is 21.9 Å². The smallest absolute Gasteiger partial charge is 0.322 e. The number of hydrogen-bond acceptors (Lipinski definition) is 4. The van der Waals surface area contributed by atoms with E-state index in [0.717, 1.165) is 12.8 Å². The fourth-order valence-corrected chi connectivity index (χ4v) is 2.84. The molecule has 3 N–H and O–H groups in total. The highest BCUT2D eigenvalue weighted by atomic mass is 32.2. The van der Waals surface area contributed by atoms with Gasteiger partial charge >= 0.3 is 5.97 Å². The third kappa shape index (κ3) is 3.78. The van der Waals surface area contributed by atoms with E-state index < -0.39 is 28.4 Å². The number of nitrogens with one attached hydrogen (secondary N) is 2. The number of carboxylic acid groups (broad SMARTS) is 1. The van der Waals surface area contributed by atoms with Crippen LogP contribution in [0, 0.1) is 0 Å². The summed E-state index contributed by atoms with van der Waals surface area (Å²) in [6, 6.07) is 5.34. The van der Waals surface area contributed by atoms with Gasteiger partial charge in [0.25, 0.3) is 5.91 Å². The van der Waals surface area contributed by atoms with E-state index in [9.17, 15) is 18.0 Å². The Morgan fingerprint density at radius 3 is 2.30 bits per heavy atom. The summed E-state index contributed by atoms with van der Waals surface area (Å²) in [5.74, 6) is -1.71. The number of carbonyl (C=O) groups excluding carboxylic acids is 1. The average molecular weight is 298 g/mol. The van der Waals surface area contributed by atoms with Gasteiger partial charge in [0.05, 0.1) is 4.90 Å². The van der Waals surface area contributed by atoms with Crippen LogP contribution in [0.25, 0.3) is 0 Å². The number of rotatable bonds is 6. The second kappa shape index (κ2) is 5.59. The van der Waals surface area contributed by atoms with Crippen LogP contribution < -0.4 is 10.0 Å². The minimum absolute atomic E-state index is 0.0125. The highest BCUT2D eigenvalue weighted by Gasteiger charge is 2.27. The molecule has 0 heterocycles. The fraction of sp³-hybridized carbons (Fsp3) is 0.333. The van der Waals surface area contributed by atoms with Gasteiger partial charge in [0.2, 0.25) is 10.0 Å². The number of carbonyl (C=O) groups is 2. The zero-order valence-electron chi connectivity index (χ0n) is 10.5. The van der Waals surface area contributed by atoms with Crippen LogP contribution >= 0.6 is 0 Å². The standard InChI is InChI=1S/C12H14N2O5S/c15-11(16)7-13-12(17)8-1-5-10(6-2-8)20(18,19)14-9-3-4-9/h1-2,5-6,9,14H,3-4,7H2,(H,13,17)(H,15,16). The van der Waals surface area contributed by atoms with Crippen LogP contribution in [-0.4, -0.2) is 38.0 Å². The van der Waals surface area contributed by atoms with Crippen LogP contribution in [0.1, 0.15) is 23.2 Å². The summed E-state index contributed by atoms with van der Waals surface area (Å²) in [5, 5.41) is 10.6. The minimum Gasteiger partial charge on any atom is -0.480 e. The van der Waals surface area contributed by atoms with Crippen molar-refractivity contribution in [1.29, 1.82) is 0 Å². The zero-order valence-corrected chi connectivity index (χ0v) is 11.3. The Hall–Kier alpha value is -1.93. The lowest BCUT2D eigenvalue weighted by atomic mass is 10.2. The van der Waals surface area contributed by atoms with Crippen LogP contribution in [0.5, 0.6) is 0 Å². The summed E-state index contributed by atoms with van der Waals surface area (Å²) in [5.41, 5.74) is 0.205. The third-order valence-corrected chi connectivity index (χ3v) is 4.26. The van der Waals surface area contributed by atoms with Crippen molar-refractivity contribution in [2.45, 2.75) is 23.8 Å². The molecule has 7 nitrogen and oxygen atoms in total. The monoisotopic (exact) mass is 298 g/mol. The Labute approximate surface area is 116 Å². The van der Waals surface area contributed by atoms with Crippen molar-refractivity contribution in [3.05, 3.63) is 29.8 Å². The second-order valence-electron chi connectivity index (χ2n) is 4.50. The lowest BCUT2D eigenvalue weighted by molar-refractivity contribution is -0.135. The van der Waals surface area contributed by atoms with E-state index in [0.29, 0.717) is 0 Å². The topological polar surface area (TPSA) is 113 Å². The van der Waals surface area contributed by atoms with Gasteiger partial charge in [0.15, 0.2) is 0 Å². The number of benzene rings is 1. The van der Waals surface area contributed by atoms with Gasteiger partial charge in [-0.3, -0.25) is 9.59 Å². The van der Waals surface area contributed by atoms with Gasteiger partial charge in [-0.05, 0) is 37.1 Å². The summed E-state index contributed by atoms with van der Waals surface area (Å²) in [4.78, 5) is 22.0. The van der Waals surface area contributed by atoms with E-state index in [-0.39, 0.29) is 16.5 Å². The summed E-state index contributed by atoms with van der Waals surface area (Å²) >= 11 is 0. The van der Waals surface area contributed by atoms with Gasteiger partial charge in [-0.25, -0.2) is 13.1 Å². The van der Waals surface area contributed by atoms with Crippen LogP contribution in [0.2, 0.25) is 0 Å². The van der Waals surface area contributed by atoms with Crippen molar-refractivity contribution in [3.8, 4) is 0 Å². The van der Waals surface area contributed by atoms with Crippen molar-refractivity contribution < 1.29 is 23.1 Å². The van der Waals surface area contributed by atoms with E-state index in [1.807, 2.05) is 0 Å². The Bertz CT molecular complexity index is 620. The maximum atomic E-state index is 11.9. The van der Waals surface area contributed by atoms with Crippen molar-refractivity contribution in [3.63, 3.8) is 0 Å². The number of sulfonamides is 1. The predicted molar refractivity (Wildman–Crippen MR) is 69.8 cm³/mol. The Morgan fingerprint density at radius 1 is 1.20 bits per heavy atom. The summed E-state index contributed by atoms with van der Waals surface area (Å²) in [6.07, 6.45) is 1.68. The molecule has 1 saturated carbocycles. The lowest BCUT2D eigenvalue weighted by Crippen LogP contribution is -2.29. The molecule has 0 aromatic heterocycles. The molecule has 20 heavy (non-hydrogen) atoms. The summed E-state index contributed by atoms with van der Waals surface area (Å²) in [6.45, 7) is -0.484. The molecule has 1 amide bonds.